The Morgan fingerprint density at radius 3 is 3.00 bits per heavy atom. The number of nitrogens with zero attached hydrogens (tertiary/aromatic N) is 1. The van der Waals surface area contributed by atoms with Crippen molar-refractivity contribution in [2.24, 2.45) is 0 Å². The van der Waals surface area contributed by atoms with Gasteiger partial charge in [0.1, 0.15) is 0 Å². The second kappa shape index (κ2) is 4.37. The minimum Gasteiger partial charge on any atom is -0.449 e. The summed E-state index contributed by atoms with van der Waals surface area (Å²) in [6.45, 7) is 1.90. The molecule has 0 aromatic rings. The van der Waals surface area contributed by atoms with E-state index in [0.717, 1.165) is 0 Å². The van der Waals surface area contributed by atoms with Crippen molar-refractivity contribution >= 4 is 32.9 Å². The zero-order valence-electron chi connectivity index (χ0n) is 9.17. The van der Waals surface area contributed by atoms with Crippen LogP contribution in [0.4, 0.5) is 4.79 Å². The quantitative estimate of drug-likeness (QED) is 0.726. The van der Waals surface area contributed by atoms with Crippen LogP contribution in [0.1, 0.15) is 6.92 Å². The average molecular weight is 279 g/mol. The number of amides is 1. The number of ether oxygens (including phenoxy) is 1. The Morgan fingerprint density at radius 2 is 2.35 bits per heavy atom. The maximum absolute atomic E-state index is 11.5. The molecular formula is C8H13N3O4S2. The van der Waals surface area contributed by atoms with Gasteiger partial charge in [0, 0.05) is 5.25 Å². The molecule has 2 fully saturated rings. The highest BCUT2D eigenvalue weighted by atomic mass is 32.2. The molecule has 2 rings (SSSR count). The van der Waals surface area contributed by atoms with Crippen LogP contribution in [0.2, 0.25) is 0 Å². The molecule has 0 aromatic carbocycles. The molecule has 0 aliphatic carbocycles. The molecule has 9 heteroatoms. The zero-order chi connectivity index (χ0) is 12.6. The standard InChI is InChI=1S/C8H13N3O4S2/c1-2-15-8(12)10-11-5-3-17(13,14)4-6(5)16-7(11)9/h5-6,9H,2-4H2,1H3,(H,10,12)/t5-,6+/m0/s1. The normalized spacial score (nSPS) is 30.2. The highest BCUT2D eigenvalue weighted by Crippen LogP contribution is 2.36. The number of amidine groups is 1. The smallest absolute Gasteiger partial charge is 0.426 e. The van der Waals surface area contributed by atoms with Crippen LogP contribution in [0.15, 0.2) is 0 Å². The third-order valence-corrected chi connectivity index (χ3v) is 5.70. The zero-order valence-corrected chi connectivity index (χ0v) is 10.8. The van der Waals surface area contributed by atoms with Crippen molar-refractivity contribution in [3.8, 4) is 0 Å². The van der Waals surface area contributed by atoms with Crippen molar-refractivity contribution < 1.29 is 17.9 Å². The molecule has 1 amide bonds. The van der Waals surface area contributed by atoms with E-state index in [1.807, 2.05) is 0 Å². The van der Waals surface area contributed by atoms with Gasteiger partial charge in [-0.05, 0) is 6.92 Å². The van der Waals surface area contributed by atoms with Gasteiger partial charge in [-0.25, -0.2) is 18.6 Å². The van der Waals surface area contributed by atoms with Crippen LogP contribution < -0.4 is 5.43 Å². The van der Waals surface area contributed by atoms with Crippen LogP contribution in [0.25, 0.3) is 0 Å². The minimum atomic E-state index is -3.06. The fourth-order valence-corrected chi connectivity index (χ4v) is 5.63. The van der Waals surface area contributed by atoms with Crippen LogP contribution >= 0.6 is 11.8 Å². The Morgan fingerprint density at radius 1 is 1.65 bits per heavy atom. The number of nitrogens with one attached hydrogen (secondary N) is 2. The van der Waals surface area contributed by atoms with Crippen molar-refractivity contribution in [2.75, 3.05) is 18.1 Å². The first-order valence-electron chi connectivity index (χ1n) is 5.11. The Balaban J connectivity index is 2.07. The van der Waals surface area contributed by atoms with E-state index < -0.39 is 15.9 Å². The number of fused-ring (bicyclic) bond motifs is 1. The molecule has 0 spiro atoms. The summed E-state index contributed by atoms with van der Waals surface area (Å²) in [5, 5.41) is 8.96. The molecule has 7 nitrogen and oxygen atoms in total. The Bertz CT molecular complexity index is 450. The number of hydrogen-bond donors (Lipinski definition) is 2. The number of thioether (sulfide) groups is 1. The van der Waals surface area contributed by atoms with E-state index in [1.54, 1.807) is 6.92 Å². The van der Waals surface area contributed by atoms with Gasteiger partial charge in [0.05, 0.1) is 24.2 Å². The monoisotopic (exact) mass is 279 g/mol. The molecule has 0 unspecified atom stereocenters. The minimum absolute atomic E-state index is 0.0283. The van der Waals surface area contributed by atoms with Gasteiger partial charge in [-0.15, -0.1) is 0 Å². The van der Waals surface area contributed by atoms with Crippen LogP contribution in [0.5, 0.6) is 0 Å². The van der Waals surface area contributed by atoms with Crippen molar-refractivity contribution in [3.05, 3.63) is 0 Å². The van der Waals surface area contributed by atoms with Gasteiger partial charge < -0.3 is 4.74 Å². The molecule has 2 heterocycles. The van der Waals surface area contributed by atoms with Gasteiger partial charge in [-0.2, -0.15) is 0 Å². The lowest BCUT2D eigenvalue weighted by molar-refractivity contribution is 0.125. The molecule has 96 valence electrons. The van der Waals surface area contributed by atoms with Gasteiger partial charge in [0.25, 0.3) is 0 Å². The fraction of sp³-hybridized carbons (Fsp3) is 0.750. The number of carbonyl (C=O) groups excluding carboxylic acids is 1. The van der Waals surface area contributed by atoms with E-state index in [2.05, 4.69) is 5.43 Å². The van der Waals surface area contributed by atoms with Crippen LogP contribution in [-0.2, 0) is 14.6 Å². The first-order chi connectivity index (χ1) is 7.93. The molecule has 0 bridgehead atoms. The van der Waals surface area contributed by atoms with Gasteiger partial charge in [0.2, 0.25) is 0 Å². The number of carbonyl (C=O) groups is 1. The summed E-state index contributed by atoms with van der Waals surface area (Å²) in [4.78, 5) is 11.3. The Kier molecular flexibility index (Phi) is 3.21. The number of hydrogen-bond acceptors (Lipinski definition) is 6. The second-order valence-corrected chi connectivity index (χ2v) is 7.19. The highest BCUT2D eigenvalue weighted by molar-refractivity contribution is 8.15. The summed E-state index contributed by atoms with van der Waals surface area (Å²) in [5.41, 5.74) is 2.40. The second-order valence-electron chi connectivity index (χ2n) is 3.81. The number of sulfone groups is 1. The highest BCUT2D eigenvalue weighted by Gasteiger charge is 2.49. The topological polar surface area (TPSA) is 99.6 Å². The van der Waals surface area contributed by atoms with Crippen LogP contribution in [0, 0.1) is 5.41 Å². The Hall–Kier alpha value is -0.960. The summed E-state index contributed by atoms with van der Waals surface area (Å²) in [6.07, 6.45) is -0.664. The summed E-state index contributed by atoms with van der Waals surface area (Å²) >= 11 is 1.17. The molecular weight excluding hydrogens is 266 g/mol. The van der Waals surface area contributed by atoms with E-state index in [0.29, 0.717) is 0 Å². The van der Waals surface area contributed by atoms with Crippen molar-refractivity contribution in [1.29, 1.82) is 5.41 Å². The van der Waals surface area contributed by atoms with E-state index in [4.69, 9.17) is 10.1 Å². The predicted molar refractivity (Wildman–Crippen MR) is 63.5 cm³/mol. The molecule has 2 aliphatic heterocycles. The molecule has 0 aromatic heterocycles. The summed E-state index contributed by atoms with van der Waals surface area (Å²) in [6, 6.07) is -0.359. The van der Waals surface area contributed by atoms with E-state index >= 15 is 0 Å². The first kappa shape index (κ1) is 12.5. The van der Waals surface area contributed by atoms with Crippen LogP contribution in [-0.4, -0.2) is 54.1 Å². The summed E-state index contributed by atoms with van der Waals surface area (Å²) in [7, 11) is -3.06. The van der Waals surface area contributed by atoms with E-state index in [-0.39, 0.29) is 34.6 Å². The maximum Gasteiger partial charge on any atom is 0.426 e. The SMILES string of the molecule is CCOC(=O)NN1C(=N)S[C@@H]2CS(=O)(=O)C[C@@H]21. The lowest BCUT2D eigenvalue weighted by atomic mass is 10.2. The third-order valence-electron chi connectivity index (χ3n) is 2.57. The number of rotatable bonds is 2. The molecule has 0 radical (unpaired) electrons. The fourth-order valence-electron chi connectivity index (χ4n) is 1.90. The number of hydrazine groups is 1. The molecule has 17 heavy (non-hydrogen) atoms. The lowest BCUT2D eigenvalue weighted by Gasteiger charge is -2.23. The van der Waals surface area contributed by atoms with Gasteiger partial charge in [0.15, 0.2) is 15.0 Å². The molecule has 0 saturated carbocycles. The maximum atomic E-state index is 11.5. The van der Waals surface area contributed by atoms with Crippen LogP contribution in [0.3, 0.4) is 0 Å². The van der Waals surface area contributed by atoms with Gasteiger partial charge in [-0.3, -0.25) is 10.4 Å². The molecule has 2 atom stereocenters. The summed E-state index contributed by atoms with van der Waals surface area (Å²) in [5.74, 6) is 0.0329. The van der Waals surface area contributed by atoms with E-state index in [9.17, 15) is 13.2 Å². The Labute approximate surface area is 103 Å². The van der Waals surface area contributed by atoms with Crippen molar-refractivity contribution in [2.45, 2.75) is 18.2 Å². The van der Waals surface area contributed by atoms with Crippen molar-refractivity contribution in [1.82, 2.24) is 10.4 Å². The van der Waals surface area contributed by atoms with E-state index in [1.165, 1.54) is 16.8 Å². The predicted octanol–water partition coefficient (Wildman–Crippen LogP) is -0.203. The molecule has 2 N–H and O–H groups in total. The molecule has 2 saturated heterocycles. The average Bonchev–Trinajstić information content (AvgIpc) is 2.62. The van der Waals surface area contributed by atoms with Gasteiger partial charge in [-0.1, -0.05) is 11.8 Å². The largest absolute Gasteiger partial charge is 0.449 e. The third kappa shape index (κ3) is 2.49. The van der Waals surface area contributed by atoms with Gasteiger partial charge >= 0.3 is 6.09 Å². The summed E-state index contributed by atoms with van der Waals surface area (Å²) < 4.78 is 27.6. The lowest BCUT2D eigenvalue weighted by Crippen LogP contribution is -2.49. The first-order valence-corrected chi connectivity index (χ1v) is 7.81. The van der Waals surface area contributed by atoms with Crippen molar-refractivity contribution in [3.63, 3.8) is 0 Å². The molecule has 2 aliphatic rings.